The lowest BCUT2D eigenvalue weighted by Gasteiger charge is -2.19. The molecule has 0 radical (unpaired) electrons. The molecule has 2 aromatic carbocycles. The van der Waals surface area contributed by atoms with E-state index in [9.17, 15) is 18.4 Å². The molecule has 4 rings (SSSR count). The van der Waals surface area contributed by atoms with Gasteiger partial charge < -0.3 is 25.4 Å². The maximum Gasteiger partial charge on any atom is 0.407 e. The van der Waals surface area contributed by atoms with Crippen molar-refractivity contribution in [2.75, 3.05) is 25.5 Å². The van der Waals surface area contributed by atoms with Crippen molar-refractivity contribution in [3.05, 3.63) is 71.7 Å². The molecule has 0 aliphatic carbocycles. The second-order valence-corrected chi connectivity index (χ2v) is 11.2. The van der Waals surface area contributed by atoms with E-state index in [-0.39, 0.29) is 17.2 Å². The number of halogens is 2. The number of benzene rings is 2. The molecule has 0 unspecified atom stereocenters. The maximum atomic E-state index is 14.8. The molecule has 0 saturated carbocycles. The second kappa shape index (κ2) is 14.2. The third kappa shape index (κ3) is 7.80. The van der Waals surface area contributed by atoms with Crippen molar-refractivity contribution in [2.45, 2.75) is 59.0 Å². The fourth-order valence-corrected chi connectivity index (χ4v) is 4.64. The van der Waals surface area contributed by atoms with Gasteiger partial charge in [0.15, 0.2) is 23.0 Å². The molecule has 2 amide bonds. The number of rotatable bonds is 12. The minimum atomic E-state index is -1.07. The van der Waals surface area contributed by atoms with Gasteiger partial charge in [0.1, 0.15) is 5.60 Å². The summed E-state index contributed by atoms with van der Waals surface area (Å²) in [5, 5.41) is 8.94. The Morgan fingerprint density at radius 1 is 0.977 bits per heavy atom. The lowest BCUT2D eigenvalue weighted by molar-refractivity contribution is 0.0527. The Morgan fingerprint density at radius 2 is 1.73 bits per heavy atom. The van der Waals surface area contributed by atoms with Gasteiger partial charge in [-0.2, -0.15) is 4.39 Å². The van der Waals surface area contributed by atoms with Crippen molar-refractivity contribution >= 4 is 29.2 Å². The smallest absolute Gasteiger partial charge is 0.407 e. The number of unbranched alkanes of at least 4 members (excludes halogenated alkanes) is 2. The summed E-state index contributed by atoms with van der Waals surface area (Å²) < 4.78 is 40.9. The summed E-state index contributed by atoms with van der Waals surface area (Å²) in [7, 11) is 1.27. The minimum absolute atomic E-state index is 0.0362. The van der Waals surface area contributed by atoms with E-state index in [2.05, 4.69) is 25.9 Å². The minimum Gasteiger partial charge on any atom is -0.494 e. The maximum absolute atomic E-state index is 14.8. The molecule has 12 heteroatoms. The van der Waals surface area contributed by atoms with E-state index in [0.717, 1.165) is 24.8 Å². The van der Waals surface area contributed by atoms with Crippen molar-refractivity contribution in [3.8, 4) is 17.0 Å². The molecule has 0 atom stereocenters. The van der Waals surface area contributed by atoms with Gasteiger partial charge in [0, 0.05) is 42.3 Å². The zero-order chi connectivity index (χ0) is 31.9. The zero-order valence-electron chi connectivity index (χ0n) is 25.6. The highest BCUT2D eigenvalue weighted by molar-refractivity contribution is 5.96. The molecular formula is C32H38F2N6O4. The molecule has 0 bridgehead atoms. The van der Waals surface area contributed by atoms with E-state index in [4.69, 9.17) is 9.47 Å². The van der Waals surface area contributed by atoms with E-state index in [1.807, 2.05) is 33.8 Å². The van der Waals surface area contributed by atoms with Crippen LogP contribution >= 0.6 is 0 Å². The van der Waals surface area contributed by atoms with Gasteiger partial charge in [-0.1, -0.05) is 6.92 Å². The zero-order valence-corrected chi connectivity index (χ0v) is 25.6. The Labute approximate surface area is 255 Å². The first-order valence-electron chi connectivity index (χ1n) is 14.5. The van der Waals surface area contributed by atoms with Gasteiger partial charge in [0.25, 0.3) is 5.91 Å². The molecule has 234 valence electrons. The quantitative estimate of drug-likeness (QED) is 0.159. The van der Waals surface area contributed by atoms with Crippen LogP contribution in [0.2, 0.25) is 0 Å². The summed E-state index contributed by atoms with van der Waals surface area (Å²) in [6, 6.07) is 8.22. The Balaban J connectivity index is 1.37. The number of carbonyl (C=O) groups excluding carboxylic acids is 2. The Hall–Kier alpha value is -4.74. The standard InChI is InChI=1S/C32H38F2N6O4/c1-6-20-18-21(10-11-22(20)30(41)36-14-8-7-9-15-37-31(42)44-32(2,3)4)39-28-29-38-19-24(40(29)17-16-35-28)23-12-13-25(43-5)27(34)26(23)33/h10-13,16-19H,6-9,14-15H2,1-5H3,(H,35,39)(H,36,41)(H,37,42). The van der Waals surface area contributed by atoms with Crippen molar-refractivity contribution in [1.29, 1.82) is 0 Å². The lowest BCUT2D eigenvalue weighted by Crippen LogP contribution is -2.33. The topological polar surface area (TPSA) is 119 Å². The van der Waals surface area contributed by atoms with Crippen LogP contribution in [0, 0.1) is 11.6 Å². The number of imidazole rings is 1. The molecule has 4 aromatic rings. The van der Waals surface area contributed by atoms with E-state index in [1.54, 1.807) is 22.7 Å². The van der Waals surface area contributed by atoms with Gasteiger partial charge in [0.2, 0.25) is 5.82 Å². The number of amides is 2. The SMILES string of the molecule is CCc1cc(Nc2nccn3c(-c4ccc(OC)c(F)c4F)cnc23)ccc1C(=O)NCCCCCNC(=O)OC(C)(C)C. The van der Waals surface area contributed by atoms with Gasteiger partial charge in [-0.3, -0.25) is 9.20 Å². The Bertz CT molecular complexity index is 1630. The summed E-state index contributed by atoms with van der Waals surface area (Å²) in [5.41, 5.74) is 2.40. The van der Waals surface area contributed by atoms with Crippen LogP contribution in [0.1, 0.15) is 62.9 Å². The fourth-order valence-electron chi connectivity index (χ4n) is 4.64. The number of nitrogens with zero attached hydrogens (tertiary/aromatic N) is 3. The van der Waals surface area contributed by atoms with E-state index < -0.39 is 23.3 Å². The number of nitrogens with one attached hydrogen (secondary N) is 3. The third-order valence-electron chi connectivity index (χ3n) is 6.77. The Kier molecular flexibility index (Phi) is 10.4. The summed E-state index contributed by atoms with van der Waals surface area (Å²) in [5.74, 6) is -2.04. The van der Waals surface area contributed by atoms with E-state index in [0.29, 0.717) is 47.9 Å². The molecule has 2 heterocycles. The van der Waals surface area contributed by atoms with Gasteiger partial charge in [-0.25, -0.2) is 19.2 Å². The van der Waals surface area contributed by atoms with Crippen molar-refractivity contribution < 1.29 is 27.8 Å². The van der Waals surface area contributed by atoms with Crippen LogP contribution in [-0.4, -0.2) is 52.2 Å². The predicted octanol–water partition coefficient (Wildman–Crippen LogP) is 6.41. The van der Waals surface area contributed by atoms with Crippen LogP contribution < -0.4 is 20.7 Å². The summed E-state index contributed by atoms with van der Waals surface area (Å²) in [6.45, 7) is 8.44. The van der Waals surface area contributed by atoms with Crippen LogP contribution in [0.3, 0.4) is 0 Å². The molecule has 44 heavy (non-hydrogen) atoms. The number of hydrogen-bond acceptors (Lipinski definition) is 7. The molecule has 2 aromatic heterocycles. The molecule has 3 N–H and O–H groups in total. The number of aromatic nitrogens is 3. The van der Waals surface area contributed by atoms with Gasteiger partial charge in [0.05, 0.1) is 19.0 Å². The van der Waals surface area contributed by atoms with Crippen molar-refractivity contribution in [3.63, 3.8) is 0 Å². The first-order chi connectivity index (χ1) is 21.0. The number of hydrogen-bond donors (Lipinski definition) is 3. The summed E-state index contributed by atoms with van der Waals surface area (Å²) in [6.07, 6.45) is 7.20. The monoisotopic (exact) mass is 608 g/mol. The number of ether oxygens (including phenoxy) is 2. The lowest BCUT2D eigenvalue weighted by atomic mass is 10.0. The van der Waals surface area contributed by atoms with Crippen molar-refractivity contribution in [2.24, 2.45) is 0 Å². The largest absolute Gasteiger partial charge is 0.494 e. The molecule has 0 spiro atoms. The number of carbonyl (C=O) groups is 2. The number of fused-ring (bicyclic) bond motifs is 1. The van der Waals surface area contributed by atoms with Gasteiger partial charge in [-0.05, 0) is 82.3 Å². The highest BCUT2D eigenvalue weighted by Crippen LogP contribution is 2.31. The number of alkyl carbamates (subject to hydrolysis) is 1. The molecule has 0 aliphatic heterocycles. The number of methoxy groups -OCH3 is 1. The summed E-state index contributed by atoms with van der Waals surface area (Å²) >= 11 is 0. The highest BCUT2D eigenvalue weighted by atomic mass is 19.2. The van der Waals surface area contributed by atoms with Crippen molar-refractivity contribution in [1.82, 2.24) is 25.0 Å². The molecule has 10 nitrogen and oxygen atoms in total. The third-order valence-corrected chi connectivity index (χ3v) is 6.77. The molecule has 0 aliphatic rings. The number of anilines is 2. The van der Waals surface area contributed by atoms with E-state index in [1.165, 1.54) is 31.6 Å². The first-order valence-corrected chi connectivity index (χ1v) is 14.5. The van der Waals surface area contributed by atoms with Crippen LogP contribution in [0.4, 0.5) is 25.1 Å². The first kappa shape index (κ1) is 32.2. The van der Waals surface area contributed by atoms with Crippen LogP contribution in [0.5, 0.6) is 5.75 Å². The summed E-state index contributed by atoms with van der Waals surface area (Å²) in [4.78, 5) is 33.4. The fraction of sp³-hybridized carbons (Fsp3) is 0.375. The van der Waals surface area contributed by atoms with E-state index >= 15 is 0 Å². The van der Waals surface area contributed by atoms with Crippen LogP contribution in [0.15, 0.2) is 48.9 Å². The average Bonchev–Trinajstić information content (AvgIpc) is 3.42. The molecule has 0 saturated heterocycles. The van der Waals surface area contributed by atoms with Crippen LogP contribution in [0.25, 0.3) is 16.9 Å². The highest BCUT2D eigenvalue weighted by Gasteiger charge is 2.20. The average molecular weight is 609 g/mol. The van der Waals surface area contributed by atoms with Gasteiger partial charge >= 0.3 is 6.09 Å². The van der Waals surface area contributed by atoms with Crippen LogP contribution in [-0.2, 0) is 11.2 Å². The number of aryl methyl sites for hydroxylation is 1. The predicted molar refractivity (Wildman–Crippen MR) is 164 cm³/mol. The van der Waals surface area contributed by atoms with Gasteiger partial charge in [-0.15, -0.1) is 0 Å². The Morgan fingerprint density at radius 3 is 2.43 bits per heavy atom. The normalized spacial score (nSPS) is 11.3. The second-order valence-electron chi connectivity index (χ2n) is 11.2. The molecular weight excluding hydrogens is 570 g/mol. The molecule has 0 fully saturated rings.